The minimum absolute atomic E-state index is 0.0756. The van der Waals surface area contributed by atoms with Gasteiger partial charge in [-0.25, -0.2) is 0 Å². The number of hydrogen-bond donors (Lipinski definition) is 0. The van der Waals surface area contributed by atoms with Gasteiger partial charge in [0.1, 0.15) is 11.7 Å². The van der Waals surface area contributed by atoms with Crippen molar-refractivity contribution in [2.24, 2.45) is 46.3 Å². The summed E-state index contributed by atoms with van der Waals surface area (Å²) in [6, 6.07) is 0. The van der Waals surface area contributed by atoms with Crippen molar-refractivity contribution in [3.63, 3.8) is 0 Å². The quantitative estimate of drug-likeness (QED) is 0.460. The molecule has 7 unspecified atom stereocenters. The molecule has 200 valence electrons. The van der Waals surface area contributed by atoms with E-state index in [4.69, 9.17) is 23.7 Å². The van der Waals surface area contributed by atoms with Gasteiger partial charge in [0.15, 0.2) is 12.1 Å². The van der Waals surface area contributed by atoms with E-state index in [-0.39, 0.29) is 47.0 Å². The molecule has 0 amide bonds. The Kier molecular flexibility index (Phi) is 4.33. The Morgan fingerprint density at radius 3 is 2.50 bits per heavy atom. The third-order valence-corrected chi connectivity index (χ3v) is 13.5. The maximum absolute atomic E-state index is 11.6. The summed E-state index contributed by atoms with van der Waals surface area (Å²) < 4.78 is 33.7. The first-order valence-corrected chi connectivity index (χ1v) is 14.8. The second-order valence-electron chi connectivity index (χ2n) is 15.1. The molecule has 4 saturated heterocycles. The van der Waals surface area contributed by atoms with Crippen molar-refractivity contribution in [3.05, 3.63) is 0 Å². The summed E-state index contributed by atoms with van der Waals surface area (Å²) in [6.07, 6.45) is 9.23. The van der Waals surface area contributed by atoms with Crippen molar-refractivity contribution in [3.8, 4) is 0 Å². The molecule has 8 aliphatic rings. The lowest BCUT2D eigenvalue weighted by atomic mass is 9.44. The lowest BCUT2D eigenvalue weighted by Crippen LogP contribution is -2.59. The van der Waals surface area contributed by atoms with Crippen LogP contribution in [0.4, 0.5) is 0 Å². The van der Waals surface area contributed by atoms with Crippen LogP contribution in [0.5, 0.6) is 0 Å². The molecule has 0 aromatic rings. The molecule has 14 atom stereocenters. The first-order chi connectivity index (χ1) is 16.9. The fourth-order valence-electron chi connectivity index (χ4n) is 11.9. The molecule has 36 heavy (non-hydrogen) atoms. The summed E-state index contributed by atoms with van der Waals surface area (Å²) in [4.78, 5) is 11.6. The van der Waals surface area contributed by atoms with Crippen LogP contribution in [0, 0.1) is 46.3 Å². The van der Waals surface area contributed by atoms with Gasteiger partial charge < -0.3 is 23.7 Å². The SMILES string of the molecule is CC(=O)O[C@@H]1CC[C@@]2(C)C(CCC3C2[C@@H]2C[C@]45C(O2)O[C@]2(C)[C@H]4[C@H](CC35)OC23CC(C)C(C)(C)O3)C1. The summed E-state index contributed by atoms with van der Waals surface area (Å²) in [6.45, 7) is 13.1. The molecule has 8 fully saturated rings. The van der Waals surface area contributed by atoms with Crippen molar-refractivity contribution in [2.45, 2.75) is 135 Å². The van der Waals surface area contributed by atoms with Gasteiger partial charge in [-0.15, -0.1) is 0 Å². The summed E-state index contributed by atoms with van der Waals surface area (Å²) in [5.74, 6) is 2.46. The van der Waals surface area contributed by atoms with Crippen LogP contribution in [0.1, 0.15) is 92.9 Å². The molecule has 2 spiro atoms. The summed E-state index contributed by atoms with van der Waals surface area (Å²) >= 11 is 0. The highest BCUT2D eigenvalue weighted by atomic mass is 16.8. The van der Waals surface area contributed by atoms with Crippen LogP contribution >= 0.6 is 0 Å². The number of hydrogen-bond acceptors (Lipinski definition) is 6. The monoisotopic (exact) mass is 500 g/mol. The summed E-state index contributed by atoms with van der Waals surface area (Å²) in [5, 5.41) is 0. The number of ether oxygens (including phenoxy) is 5. The van der Waals surface area contributed by atoms with Crippen molar-refractivity contribution in [1.82, 2.24) is 0 Å². The Bertz CT molecular complexity index is 1010. The van der Waals surface area contributed by atoms with Gasteiger partial charge in [-0.2, -0.15) is 0 Å². The van der Waals surface area contributed by atoms with Crippen molar-refractivity contribution < 1.29 is 28.5 Å². The fourth-order valence-corrected chi connectivity index (χ4v) is 11.9. The van der Waals surface area contributed by atoms with Gasteiger partial charge in [0, 0.05) is 24.7 Å². The van der Waals surface area contributed by atoms with E-state index in [0.29, 0.717) is 35.5 Å². The lowest BCUT2D eigenvalue weighted by molar-refractivity contribution is -0.319. The molecule has 0 aromatic carbocycles. The predicted molar refractivity (Wildman–Crippen MR) is 131 cm³/mol. The smallest absolute Gasteiger partial charge is 0.302 e. The van der Waals surface area contributed by atoms with Crippen LogP contribution in [-0.4, -0.2) is 47.6 Å². The number of carbonyl (C=O) groups is 1. The zero-order valence-electron chi connectivity index (χ0n) is 22.9. The summed E-state index contributed by atoms with van der Waals surface area (Å²) in [5.41, 5.74) is -0.327. The minimum Gasteiger partial charge on any atom is -0.463 e. The number of fused-ring (bicyclic) bond motifs is 7. The molecular weight excluding hydrogens is 456 g/mol. The second kappa shape index (κ2) is 6.71. The standard InChI is InChI=1S/C30H44O6/c1-15-13-30(36-26(15,3)4)28(6)24-21(34-30)12-20-19-8-7-17-11-18(32-16(2)31)9-10-27(17,5)23(19)22-14-29(20,24)25(33-22)35-28/h15,17-25H,7-14H2,1-6H3/t15?,17?,18-,19?,20?,21+,22+,23?,24-,25?,27+,28-,29-,30?/m1/s1. The largest absolute Gasteiger partial charge is 0.463 e. The van der Waals surface area contributed by atoms with E-state index < -0.39 is 11.4 Å². The van der Waals surface area contributed by atoms with Crippen molar-refractivity contribution in [2.75, 3.05) is 0 Å². The average Bonchev–Trinajstić information content (AvgIpc) is 3.46. The Balaban J connectivity index is 1.13. The zero-order chi connectivity index (χ0) is 25.0. The molecular formula is C30H44O6. The van der Waals surface area contributed by atoms with Crippen LogP contribution in [0.3, 0.4) is 0 Å². The van der Waals surface area contributed by atoms with Gasteiger partial charge in [0.05, 0.1) is 17.8 Å². The third kappa shape index (κ3) is 2.44. The van der Waals surface area contributed by atoms with E-state index in [9.17, 15) is 4.79 Å². The van der Waals surface area contributed by atoms with E-state index in [1.54, 1.807) is 6.92 Å². The minimum atomic E-state index is -0.649. The first-order valence-electron chi connectivity index (χ1n) is 14.8. The molecule has 0 radical (unpaired) electrons. The fraction of sp³-hybridized carbons (Fsp3) is 0.967. The van der Waals surface area contributed by atoms with Crippen LogP contribution in [0.25, 0.3) is 0 Å². The summed E-state index contributed by atoms with van der Waals surface area (Å²) in [7, 11) is 0. The topological polar surface area (TPSA) is 63.2 Å². The maximum atomic E-state index is 11.6. The van der Waals surface area contributed by atoms with Gasteiger partial charge in [-0.1, -0.05) is 13.8 Å². The van der Waals surface area contributed by atoms with Gasteiger partial charge in [-0.3, -0.25) is 4.79 Å². The normalized spacial score (nSPS) is 63.3. The molecule has 4 aliphatic heterocycles. The molecule has 0 aromatic heterocycles. The van der Waals surface area contributed by atoms with Crippen molar-refractivity contribution >= 4 is 5.97 Å². The third-order valence-electron chi connectivity index (χ3n) is 13.5. The zero-order valence-corrected chi connectivity index (χ0v) is 22.9. The molecule has 2 bridgehead atoms. The van der Waals surface area contributed by atoms with Gasteiger partial charge in [-0.05, 0) is 101 Å². The predicted octanol–water partition coefficient (Wildman–Crippen LogP) is 5.22. The van der Waals surface area contributed by atoms with Gasteiger partial charge in [0.2, 0.25) is 0 Å². The van der Waals surface area contributed by atoms with Gasteiger partial charge in [0.25, 0.3) is 0 Å². The lowest BCUT2D eigenvalue weighted by Gasteiger charge is -2.60. The Hall–Kier alpha value is -0.690. The van der Waals surface area contributed by atoms with Crippen LogP contribution in [-0.2, 0) is 28.5 Å². The van der Waals surface area contributed by atoms with E-state index in [2.05, 4.69) is 34.6 Å². The molecule has 4 aliphatic carbocycles. The number of esters is 1. The molecule has 6 nitrogen and oxygen atoms in total. The van der Waals surface area contributed by atoms with Crippen molar-refractivity contribution in [1.29, 1.82) is 0 Å². The number of carbonyl (C=O) groups excluding carboxylic acids is 1. The Labute approximate surface area is 215 Å². The van der Waals surface area contributed by atoms with E-state index in [1.165, 1.54) is 12.8 Å². The highest BCUT2D eigenvalue weighted by Gasteiger charge is 2.86. The van der Waals surface area contributed by atoms with Crippen LogP contribution in [0.15, 0.2) is 0 Å². The first kappa shape index (κ1) is 23.2. The van der Waals surface area contributed by atoms with Crippen LogP contribution in [0.2, 0.25) is 0 Å². The molecule has 4 saturated carbocycles. The maximum Gasteiger partial charge on any atom is 0.302 e. The number of rotatable bonds is 1. The Morgan fingerprint density at radius 2 is 1.78 bits per heavy atom. The Morgan fingerprint density at radius 1 is 0.972 bits per heavy atom. The molecule has 6 heteroatoms. The molecule has 8 rings (SSSR count). The molecule has 4 heterocycles. The molecule has 0 N–H and O–H groups in total. The van der Waals surface area contributed by atoms with Gasteiger partial charge >= 0.3 is 5.97 Å². The van der Waals surface area contributed by atoms with E-state index in [0.717, 1.165) is 38.5 Å². The highest BCUT2D eigenvalue weighted by molar-refractivity contribution is 5.66. The average molecular weight is 501 g/mol. The van der Waals surface area contributed by atoms with Crippen LogP contribution < -0.4 is 0 Å². The van der Waals surface area contributed by atoms with E-state index >= 15 is 0 Å². The highest BCUT2D eigenvalue weighted by Crippen LogP contribution is 2.80. The second-order valence-corrected chi connectivity index (χ2v) is 15.1. The van der Waals surface area contributed by atoms with E-state index in [1.807, 2.05) is 0 Å².